The molecule has 2 aromatic heterocycles. The van der Waals surface area contributed by atoms with Crippen molar-refractivity contribution in [2.75, 3.05) is 19.7 Å². The summed E-state index contributed by atoms with van der Waals surface area (Å²) < 4.78 is 5.87. The van der Waals surface area contributed by atoms with E-state index in [9.17, 15) is 4.79 Å². The van der Waals surface area contributed by atoms with Gasteiger partial charge in [-0.1, -0.05) is 18.9 Å². The van der Waals surface area contributed by atoms with Crippen LogP contribution in [-0.2, 0) is 9.53 Å². The fraction of sp³-hybridized carbons (Fsp3) is 0.474. The summed E-state index contributed by atoms with van der Waals surface area (Å²) in [5.41, 5.74) is 2.77. The number of nitrogens with zero attached hydrogens (tertiary/aromatic N) is 4. The molecule has 3 heterocycles. The van der Waals surface area contributed by atoms with Crippen LogP contribution >= 0.6 is 0 Å². The molecular formula is C19H22N4O2. The van der Waals surface area contributed by atoms with E-state index >= 15 is 0 Å². The molecule has 2 aliphatic rings. The second-order valence-electron chi connectivity index (χ2n) is 6.72. The number of rotatable bonds is 3. The van der Waals surface area contributed by atoms with Gasteiger partial charge in [-0.3, -0.25) is 9.78 Å². The summed E-state index contributed by atoms with van der Waals surface area (Å²) in [6.07, 6.45) is 11.1. The molecule has 1 amide bonds. The van der Waals surface area contributed by atoms with Gasteiger partial charge in [0.2, 0.25) is 5.91 Å². The number of amides is 1. The highest BCUT2D eigenvalue weighted by Gasteiger charge is 2.31. The van der Waals surface area contributed by atoms with Crippen molar-refractivity contribution in [1.29, 1.82) is 0 Å². The van der Waals surface area contributed by atoms with Crippen LogP contribution in [0.3, 0.4) is 0 Å². The maximum atomic E-state index is 12.7. The number of ether oxygens (including phenoxy) is 1. The molecule has 130 valence electrons. The van der Waals surface area contributed by atoms with E-state index in [1.54, 1.807) is 12.4 Å². The minimum Gasteiger partial charge on any atom is -0.368 e. The highest BCUT2D eigenvalue weighted by atomic mass is 16.5. The van der Waals surface area contributed by atoms with Crippen LogP contribution in [0.15, 0.2) is 37.1 Å². The largest absolute Gasteiger partial charge is 0.368 e. The van der Waals surface area contributed by atoms with Gasteiger partial charge in [-0.05, 0) is 18.9 Å². The van der Waals surface area contributed by atoms with E-state index < -0.39 is 0 Å². The first kappa shape index (κ1) is 16.1. The quantitative estimate of drug-likeness (QED) is 0.860. The van der Waals surface area contributed by atoms with E-state index in [0.29, 0.717) is 25.6 Å². The summed E-state index contributed by atoms with van der Waals surface area (Å²) in [6.45, 7) is 1.85. The van der Waals surface area contributed by atoms with Crippen molar-refractivity contribution >= 4 is 5.91 Å². The Morgan fingerprint density at radius 2 is 1.88 bits per heavy atom. The third-order valence-electron chi connectivity index (χ3n) is 5.09. The second kappa shape index (κ2) is 7.27. The van der Waals surface area contributed by atoms with Crippen LogP contribution in [-0.4, -0.2) is 45.5 Å². The predicted molar refractivity (Wildman–Crippen MR) is 92.5 cm³/mol. The molecule has 0 radical (unpaired) electrons. The number of pyridine rings is 1. The zero-order chi connectivity index (χ0) is 17.1. The van der Waals surface area contributed by atoms with Crippen LogP contribution in [0, 0.1) is 5.92 Å². The van der Waals surface area contributed by atoms with E-state index in [0.717, 1.165) is 29.7 Å². The lowest BCUT2D eigenvalue weighted by Gasteiger charge is -2.34. The van der Waals surface area contributed by atoms with Gasteiger partial charge >= 0.3 is 0 Å². The minimum absolute atomic E-state index is 0.153. The van der Waals surface area contributed by atoms with Crippen molar-refractivity contribution in [3.63, 3.8) is 0 Å². The van der Waals surface area contributed by atoms with Crippen molar-refractivity contribution in [3.05, 3.63) is 42.7 Å². The standard InChI is InChI=1S/C19H22N4O2/c24-19(14-3-1-2-4-14)23-7-8-25-18(12-23)17-6-5-15(11-22-17)16-9-20-13-21-10-16/h5-6,9-11,13-14,18H,1-4,7-8,12H2. The Kier molecular flexibility index (Phi) is 4.70. The molecule has 0 spiro atoms. The summed E-state index contributed by atoms with van der Waals surface area (Å²) in [5, 5.41) is 0. The summed E-state index contributed by atoms with van der Waals surface area (Å²) in [7, 11) is 0. The van der Waals surface area contributed by atoms with E-state index in [-0.39, 0.29) is 12.0 Å². The Labute approximate surface area is 147 Å². The fourth-order valence-electron chi connectivity index (χ4n) is 3.67. The summed E-state index contributed by atoms with van der Waals surface area (Å²) in [4.78, 5) is 27.2. The maximum absolute atomic E-state index is 12.7. The Bertz CT molecular complexity index is 714. The number of carbonyl (C=O) groups excluding carboxylic acids is 1. The minimum atomic E-state index is -0.153. The average Bonchev–Trinajstić information content (AvgIpc) is 3.23. The summed E-state index contributed by atoms with van der Waals surface area (Å²) in [5.74, 6) is 0.510. The van der Waals surface area contributed by atoms with Crippen molar-refractivity contribution in [2.45, 2.75) is 31.8 Å². The number of hydrogen-bond donors (Lipinski definition) is 0. The SMILES string of the molecule is O=C(C1CCCC1)N1CCOC(c2ccc(-c3cncnc3)cn2)C1. The van der Waals surface area contributed by atoms with Crippen LogP contribution in [0.25, 0.3) is 11.1 Å². The molecule has 0 bridgehead atoms. The van der Waals surface area contributed by atoms with E-state index in [1.165, 1.54) is 19.2 Å². The van der Waals surface area contributed by atoms with Gasteiger partial charge in [-0.25, -0.2) is 9.97 Å². The third kappa shape index (κ3) is 3.54. The molecule has 0 N–H and O–H groups in total. The summed E-state index contributed by atoms with van der Waals surface area (Å²) in [6, 6.07) is 3.97. The molecule has 4 rings (SSSR count). The van der Waals surface area contributed by atoms with Crippen LogP contribution in [0.5, 0.6) is 0 Å². The van der Waals surface area contributed by atoms with Crippen LogP contribution in [0.2, 0.25) is 0 Å². The summed E-state index contributed by atoms with van der Waals surface area (Å²) >= 11 is 0. The topological polar surface area (TPSA) is 68.2 Å². The first-order chi connectivity index (χ1) is 12.3. The van der Waals surface area contributed by atoms with Gasteiger partial charge in [0, 0.05) is 42.2 Å². The zero-order valence-corrected chi connectivity index (χ0v) is 14.2. The Balaban J connectivity index is 1.45. The molecule has 0 aromatic carbocycles. The zero-order valence-electron chi connectivity index (χ0n) is 14.2. The molecule has 1 atom stereocenters. The first-order valence-electron chi connectivity index (χ1n) is 8.93. The molecule has 25 heavy (non-hydrogen) atoms. The van der Waals surface area contributed by atoms with Gasteiger partial charge in [0.15, 0.2) is 0 Å². The van der Waals surface area contributed by atoms with Gasteiger partial charge in [0.05, 0.1) is 18.8 Å². The Hall–Kier alpha value is -2.34. The highest BCUT2D eigenvalue weighted by molar-refractivity contribution is 5.79. The molecule has 1 unspecified atom stereocenters. The van der Waals surface area contributed by atoms with Crippen molar-refractivity contribution < 1.29 is 9.53 Å². The molecule has 6 nitrogen and oxygen atoms in total. The van der Waals surface area contributed by atoms with Crippen LogP contribution < -0.4 is 0 Å². The molecular weight excluding hydrogens is 316 g/mol. The van der Waals surface area contributed by atoms with E-state index in [1.807, 2.05) is 23.2 Å². The van der Waals surface area contributed by atoms with Gasteiger partial charge in [0.1, 0.15) is 12.4 Å². The molecule has 1 aliphatic heterocycles. The number of hydrogen-bond acceptors (Lipinski definition) is 5. The van der Waals surface area contributed by atoms with Crippen molar-refractivity contribution in [3.8, 4) is 11.1 Å². The van der Waals surface area contributed by atoms with E-state index in [2.05, 4.69) is 15.0 Å². The maximum Gasteiger partial charge on any atom is 0.225 e. The number of morpholine rings is 1. The van der Waals surface area contributed by atoms with Crippen LogP contribution in [0.4, 0.5) is 0 Å². The lowest BCUT2D eigenvalue weighted by Crippen LogP contribution is -2.44. The fourth-order valence-corrected chi connectivity index (χ4v) is 3.67. The Morgan fingerprint density at radius 3 is 2.60 bits per heavy atom. The van der Waals surface area contributed by atoms with Gasteiger partial charge in [-0.2, -0.15) is 0 Å². The van der Waals surface area contributed by atoms with Crippen molar-refractivity contribution in [1.82, 2.24) is 19.9 Å². The van der Waals surface area contributed by atoms with Gasteiger partial charge in [-0.15, -0.1) is 0 Å². The highest BCUT2D eigenvalue weighted by Crippen LogP contribution is 2.29. The van der Waals surface area contributed by atoms with Gasteiger partial charge in [0.25, 0.3) is 0 Å². The number of carbonyl (C=O) groups is 1. The van der Waals surface area contributed by atoms with E-state index in [4.69, 9.17) is 4.74 Å². The molecule has 1 saturated carbocycles. The lowest BCUT2D eigenvalue weighted by molar-refractivity contribution is -0.143. The monoisotopic (exact) mass is 338 g/mol. The van der Waals surface area contributed by atoms with Crippen molar-refractivity contribution in [2.24, 2.45) is 5.92 Å². The first-order valence-corrected chi connectivity index (χ1v) is 8.93. The molecule has 1 aliphatic carbocycles. The third-order valence-corrected chi connectivity index (χ3v) is 5.09. The van der Waals surface area contributed by atoms with Gasteiger partial charge < -0.3 is 9.64 Å². The second-order valence-corrected chi connectivity index (χ2v) is 6.72. The molecule has 6 heteroatoms. The average molecular weight is 338 g/mol. The normalized spacial score (nSPS) is 21.4. The Morgan fingerprint density at radius 1 is 1.08 bits per heavy atom. The smallest absolute Gasteiger partial charge is 0.225 e. The predicted octanol–water partition coefficient (Wildman–Crippen LogP) is 2.63. The molecule has 2 aromatic rings. The lowest BCUT2D eigenvalue weighted by atomic mass is 10.0. The molecule has 2 fully saturated rings. The van der Waals surface area contributed by atoms with Crippen LogP contribution in [0.1, 0.15) is 37.5 Å². The molecule has 1 saturated heterocycles. The number of aromatic nitrogens is 3.